The molecule has 2 aromatic heterocycles. The number of carbonyl (C=O) groups is 1. The van der Waals surface area contributed by atoms with Gasteiger partial charge in [-0.25, -0.2) is 18.9 Å². The fourth-order valence-electron chi connectivity index (χ4n) is 2.66. The van der Waals surface area contributed by atoms with Crippen LogP contribution in [-0.4, -0.2) is 30.6 Å². The highest BCUT2D eigenvalue weighted by atomic mass is 19.1. The topological polar surface area (TPSA) is 99.2 Å². The van der Waals surface area contributed by atoms with Crippen molar-refractivity contribution in [2.24, 2.45) is 0 Å². The van der Waals surface area contributed by atoms with Crippen LogP contribution >= 0.6 is 0 Å². The van der Waals surface area contributed by atoms with Gasteiger partial charge in [-0.15, -0.1) is 0 Å². The smallest absolute Gasteiger partial charge is 0.449 e. The molecule has 2 heterocycles. The van der Waals surface area contributed by atoms with Crippen LogP contribution in [0.3, 0.4) is 0 Å². The Kier molecular flexibility index (Phi) is 3.08. The molecule has 3 aromatic rings. The molecule has 1 N–H and O–H groups in total. The zero-order chi connectivity index (χ0) is 16.8. The van der Waals surface area contributed by atoms with E-state index in [1.807, 2.05) is 0 Å². The van der Waals surface area contributed by atoms with Gasteiger partial charge in [0.2, 0.25) is 5.43 Å². The molecule has 1 aromatic carbocycles. The predicted octanol–water partition coefficient (Wildman–Crippen LogP) is 2.11. The van der Waals surface area contributed by atoms with Crippen molar-refractivity contribution in [2.45, 2.75) is 18.9 Å². The molecule has 0 atom stereocenters. The second kappa shape index (κ2) is 5.15. The van der Waals surface area contributed by atoms with Crippen molar-refractivity contribution < 1.29 is 19.0 Å². The standard InChI is InChI=1S/C15H11FN4O4/c16-10-3-9-11(4-12(10)20-7-17-6-18-20)19(8-1-2-8)5-13(14(9)21)24-15(22)23/h3-8H,1-2H2,(H,22,23). The molecule has 4 rings (SSSR count). The summed E-state index contributed by atoms with van der Waals surface area (Å²) in [5.41, 5.74) is -0.0267. The Morgan fingerprint density at radius 1 is 1.38 bits per heavy atom. The third kappa shape index (κ3) is 2.30. The van der Waals surface area contributed by atoms with Gasteiger partial charge in [0.15, 0.2) is 5.75 Å². The molecule has 0 spiro atoms. The SMILES string of the molecule is O=C(O)Oc1cn(C2CC2)c2cc(-n3cncn3)c(F)cc2c1=O. The quantitative estimate of drug-likeness (QED) is 0.738. The lowest BCUT2D eigenvalue weighted by atomic mass is 10.1. The van der Waals surface area contributed by atoms with Crippen molar-refractivity contribution >= 4 is 17.1 Å². The van der Waals surface area contributed by atoms with E-state index in [1.165, 1.54) is 29.6 Å². The molecule has 0 aliphatic heterocycles. The van der Waals surface area contributed by atoms with Gasteiger partial charge in [0.05, 0.1) is 17.1 Å². The number of fused-ring (bicyclic) bond motifs is 1. The van der Waals surface area contributed by atoms with Crippen LogP contribution in [0.15, 0.2) is 35.8 Å². The Balaban J connectivity index is 2.01. The summed E-state index contributed by atoms with van der Waals surface area (Å²) in [5, 5.41) is 12.7. The summed E-state index contributed by atoms with van der Waals surface area (Å²) in [5.74, 6) is -1.00. The molecule has 1 aliphatic carbocycles. The van der Waals surface area contributed by atoms with E-state index in [-0.39, 0.29) is 22.9 Å². The van der Waals surface area contributed by atoms with Gasteiger partial charge in [0, 0.05) is 6.04 Å². The zero-order valence-electron chi connectivity index (χ0n) is 12.2. The maximum atomic E-state index is 14.4. The molecule has 8 nitrogen and oxygen atoms in total. The second-order valence-corrected chi connectivity index (χ2v) is 5.49. The molecule has 0 bridgehead atoms. The fourth-order valence-corrected chi connectivity index (χ4v) is 2.66. The normalized spacial score (nSPS) is 14.0. The summed E-state index contributed by atoms with van der Waals surface area (Å²) in [6, 6.07) is 2.70. The molecule has 1 saturated carbocycles. The predicted molar refractivity (Wildman–Crippen MR) is 80.0 cm³/mol. The number of hydrogen-bond donors (Lipinski definition) is 1. The average Bonchev–Trinajstić information content (AvgIpc) is 3.24. The van der Waals surface area contributed by atoms with Crippen LogP contribution in [0.1, 0.15) is 18.9 Å². The van der Waals surface area contributed by atoms with E-state index >= 15 is 0 Å². The third-order valence-corrected chi connectivity index (χ3v) is 3.87. The van der Waals surface area contributed by atoms with Gasteiger partial charge in [0.1, 0.15) is 24.2 Å². The van der Waals surface area contributed by atoms with Crippen molar-refractivity contribution in [3.05, 3.63) is 47.0 Å². The van der Waals surface area contributed by atoms with E-state index in [1.54, 1.807) is 4.57 Å². The minimum absolute atomic E-state index is 0.0574. The second-order valence-electron chi connectivity index (χ2n) is 5.49. The van der Waals surface area contributed by atoms with Crippen LogP contribution in [0.2, 0.25) is 0 Å². The van der Waals surface area contributed by atoms with E-state index in [0.717, 1.165) is 18.9 Å². The number of hydrogen-bond acceptors (Lipinski definition) is 5. The molecule has 1 aliphatic rings. The summed E-state index contributed by atoms with van der Waals surface area (Å²) < 4.78 is 22.0. The molecular weight excluding hydrogens is 319 g/mol. The fraction of sp³-hybridized carbons (Fsp3) is 0.200. The molecule has 0 saturated heterocycles. The number of pyridine rings is 1. The first-order chi connectivity index (χ1) is 11.5. The third-order valence-electron chi connectivity index (χ3n) is 3.87. The lowest BCUT2D eigenvalue weighted by Crippen LogP contribution is -2.16. The maximum absolute atomic E-state index is 14.4. The molecule has 1 fully saturated rings. The molecule has 9 heteroatoms. The summed E-state index contributed by atoms with van der Waals surface area (Å²) in [6.45, 7) is 0. The van der Waals surface area contributed by atoms with E-state index in [9.17, 15) is 14.0 Å². The summed E-state index contributed by atoms with van der Waals surface area (Å²) in [7, 11) is 0. The Morgan fingerprint density at radius 3 is 2.79 bits per heavy atom. The highest BCUT2D eigenvalue weighted by Gasteiger charge is 2.27. The number of benzene rings is 1. The van der Waals surface area contributed by atoms with Crippen LogP contribution in [-0.2, 0) is 0 Å². The van der Waals surface area contributed by atoms with Crippen molar-refractivity contribution in [2.75, 3.05) is 0 Å². The van der Waals surface area contributed by atoms with Crippen LogP contribution in [0.5, 0.6) is 5.75 Å². The van der Waals surface area contributed by atoms with Crippen LogP contribution in [0.4, 0.5) is 9.18 Å². The molecule has 122 valence electrons. The van der Waals surface area contributed by atoms with Gasteiger partial charge in [-0.05, 0) is 25.0 Å². The van der Waals surface area contributed by atoms with Gasteiger partial charge >= 0.3 is 6.16 Å². The van der Waals surface area contributed by atoms with Gasteiger partial charge in [-0.1, -0.05) is 0 Å². The van der Waals surface area contributed by atoms with Crippen LogP contribution in [0, 0.1) is 5.82 Å². The lowest BCUT2D eigenvalue weighted by molar-refractivity contribution is 0.143. The Labute approximate surface area is 133 Å². The van der Waals surface area contributed by atoms with E-state index < -0.39 is 17.4 Å². The molecule has 0 unspecified atom stereocenters. The first-order valence-electron chi connectivity index (χ1n) is 7.19. The summed E-state index contributed by atoms with van der Waals surface area (Å²) in [4.78, 5) is 27.0. The zero-order valence-corrected chi connectivity index (χ0v) is 12.2. The minimum atomic E-state index is -1.59. The van der Waals surface area contributed by atoms with E-state index in [2.05, 4.69) is 14.8 Å². The number of rotatable bonds is 3. The highest BCUT2D eigenvalue weighted by Crippen LogP contribution is 2.38. The number of carboxylic acid groups (broad SMARTS) is 1. The van der Waals surface area contributed by atoms with E-state index in [4.69, 9.17) is 5.11 Å². The maximum Gasteiger partial charge on any atom is 0.511 e. The summed E-state index contributed by atoms with van der Waals surface area (Å²) >= 11 is 0. The van der Waals surface area contributed by atoms with Crippen molar-refractivity contribution in [1.82, 2.24) is 19.3 Å². The van der Waals surface area contributed by atoms with Crippen molar-refractivity contribution in [3.8, 4) is 11.4 Å². The minimum Gasteiger partial charge on any atom is -0.449 e. The number of ether oxygens (including phenoxy) is 1. The van der Waals surface area contributed by atoms with Gasteiger partial charge in [-0.3, -0.25) is 4.79 Å². The van der Waals surface area contributed by atoms with Gasteiger partial charge in [-0.2, -0.15) is 5.10 Å². The first-order valence-corrected chi connectivity index (χ1v) is 7.19. The number of halogens is 1. The Morgan fingerprint density at radius 2 is 2.17 bits per heavy atom. The van der Waals surface area contributed by atoms with Gasteiger partial charge < -0.3 is 14.4 Å². The first kappa shape index (κ1) is 14.4. The van der Waals surface area contributed by atoms with Crippen molar-refractivity contribution in [1.29, 1.82) is 0 Å². The number of aromatic nitrogens is 4. The molecule has 0 amide bonds. The summed E-state index contributed by atoms with van der Waals surface area (Å²) in [6.07, 6.45) is 4.18. The average molecular weight is 330 g/mol. The van der Waals surface area contributed by atoms with Crippen molar-refractivity contribution in [3.63, 3.8) is 0 Å². The molecule has 24 heavy (non-hydrogen) atoms. The largest absolute Gasteiger partial charge is 0.511 e. The van der Waals surface area contributed by atoms with Crippen LogP contribution < -0.4 is 10.2 Å². The number of nitrogens with zero attached hydrogens (tertiary/aromatic N) is 4. The molecule has 0 radical (unpaired) electrons. The highest BCUT2D eigenvalue weighted by molar-refractivity contribution is 5.83. The lowest BCUT2D eigenvalue weighted by Gasteiger charge is -2.13. The molecular formula is C15H11FN4O4. The van der Waals surface area contributed by atoms with Crippen LogP contribution in [0.25, 0.3) is 16.6 Å². The van der Waals surface area contributed by atoms with E-state index in [0.29, 0.717) is 5.52 Å². The monoisotopic (exact) mass is 330 g/mol. The Bertz CT molecular complexity index is 1010. The van der Waals surface area contributed by atoms with Gasteiger partial charge in [0.25, 0.3) is 0 Å². The Hall–Kier alpha value is -3.23.